The van der Waals surface area contributed by atoms with Crippen molar-refractivity contribution in [2.45, 2.75) is 0 Å². The Labute approximate surface area is 176 Å². The summed E-state index contributed by atoms with van der Waals surface area (Å²) in [6.45, 7) is 0. The molecular formula is C19H16Cl2N4O4. The van der Waals surface area contributed by atoms with Crippen LogP contribution in [0.25, 0.3) is 11.3 Å². The van der Waals surface area contributed by atoms with E-state index in [1.54, 1.807) is 36.4 Å². The van der Waals surface area contributed by atoms with Crippen molar-refractivity contribution in [3.8, 4) is 28.5 Å². The summed E-state index contributed by atoms with van der Waals surface area (Å²) in [6, 6.07) is 9.63. The van der Waals surface area contributed by atoms with Crippen LogP contribution in [-0.4, -0.2) is 41.6 Å². The third kappa shape index (κ3) is 4.61. The lowest BCUT2D eigenvalue weighted by Crippen LogP contribution is -2.18. The SMILES string of the molecule is COc1cc(/C=N/NC(=O)c2cc(-c3ccc(Cl)cc3Cl)n[nH]2)cc(OC)c1O. The lowest BCUT2D eigenvalue weighted by molar-refractivity contribution is 0.0950. The summed E-state index contributed by atoms with van der Waals surface area (Å²) < 4.78 is 10.2. The van der Waals surface area contributed by atoms with Gasteiger partial charge in [-0.2, -0.15) is 10.2 Å². The van der Waals surface area contributed by atoms with Gasteiger partial charge in [-0.15, -0.1) is 0 Å². The molecule has 3 N–H and O–H groups in total. The van der Waals surface area contributed by atoms with E-state index >= 15 is 0 Å². The minimum Gasteiger partial charge on any atom is -0.502 e. The van der Waals surface area contributed by atoms with E-state index in [4.69, 9.17) is 32.7 Å². The van der Waals surface area contributed by atoms with Crippen LogP contribution in [0, 0.1) is 0 Å². The Bertz CT molecular complexity index is 1060. The van der Waals surface area contributed by atoms with Crippen LogP contribution < -0.4 is 14.9 Å². The number of hydrogen-bond acceptors (Lipinski definition) is 6. The van der Waals surface area contributed by atoms with E-state index in [1.807, 2.05) is 0 Å². The Morgan fingerprint density at radius 2 is 1.86 bits per heavy atom. The molecule has 150 valence electrons. The second-order valence-corrected chi connectivity index (χ2v) is 6.61. The molecule has 29 heavy (non-hydrogen) atoms. The molecule has 0 unspecified atom stereocenters. The van der Waals surface area contributed by atoms with Gasteiger partial charge in [0.15, 0.2) is 11.5 Å². The molecule has 10 heteroatoms. The summed E-state index contributed by atoms with van der Waals surface area (Å²) >= 11 is 12.1. The number of methoxy groups -OCH3 is 2. The van der Waals surface area contributed by atoms with E-state index in [1.165, 1.54) is 20.4 Å². The van der Waals surface area contributed by atoms with Gasteiger partial charge in [0.2, 0.25) is 5.75 Å². The minimum absolute atomic E-state index is 0.123. The number of amides is 1. The molecule has 1 heterocycles. The molecule has 0 bridgehead atoms. The second-order valence-electron chi connectivity index (χ2n) is 5.76. The number of carbonyl (C=O) groups is 1. The van der Waals surface area contributed by atoms with Gasteiger partial charge in [-0.25, -0.2) is 5.43 Å². The highest BCUT2D eigenvalue weighted by atomic mass is 35.5. The lowest BCUT2D eigenvalue weighted by atomic mass is 10.1. The van der Waals surface area contributed by atoms with Crippen LogP contribution in [-0.2, 0) is 0 Å². The predicted molar refractivity (Wildman–Crippen MR) is 110 cm³/mol. The fraction of sp³-hybridized carbons (Fsp3) is 0.105. The number of phenolic OH excluding ortho intramolecular Hbond substituents is 1. The van der Waals surface area contributed by atoms with Crippen molar-refractivity contribution in [3.63, 3.8) is 0 Å². The maximum atomic E-state index is 12.3. The van der Waals surface area contributed by atoms with Crippen molar-refractivity contribution in [1.82, 2.24) is 15.6 Å². The minimum atomic E-state index is -0.497. The Kier molecular flexibility index (Phi) is 6.26. The molecule has 0 spiro atoms. The number of rotatable bonds is 6. The molecule has 0 aliphatic carbocycles. The number of carbonyl (C=O) groups excluding carboxylic acids is 1. The van der Waals surface area contributed by atoms with Gasteiger partial charge < -0.3 is 14.6 Å². The Morgan fingerprint density at radius 1 is 1.17 bits per heavy atom. The average molecular weight is 435 g/mol. The maximum absolute atomic E-state index is 12.3. The van der Waals surface area contributed by atoms with Crippen LogP contribution in [0.5, 0.6) is 17.2 Å². The highest BCUT2D eigenvalue weighted by molar-refractivity contribution is 6.36. The third-order valence-corrected chi connectivity index (χ3v) is 4.46. The van der Waals surface area contributed by atoms with Gasteiger partial charge in [-0.3, -0.25) is 9.89 Å². The first kappa shape index (κ1) is 20.5. The van der Waals surface area contributed by atoms with Gasteiger partial charge >= 0.3 is 0 Å². The van der Waals surface area contributed by atoms with Gasteiger partial charge in [0.25, 0.3) is 5.91 Å². The quantitative estimate of drug-likeness (QED) is 0.402. The smallest absolute Gasteiger partial charge is 0.289 e. The van der Waals surface area contributed by atoms with E-state index in [0.717, 1.165) is 0 Å². The maximum Gasteiger partial charge on any atom is 0.289 e. The van der Waals surface area contributed by atoms with Crippen LogP contribution in [0.1, 0.15) is 16.1 Å². The molecule has 0 saturated heterocycles. The fourth-order valence-electron chi connectivity index (χ4n) is 2.49. The molecule has 8 nitrogen and oxygen atoms in total. The summed E-state index contributed by atoms with van der Waals surface area (Å²) in [4.78, 5) is 12.3. The Hall–Kier alpha value is -3.23. The first-order chi connectivity index (χ1) is 13.9. The van der Waals surface area contributed by atoms with Gasteiger partial charge in [0, 0.05) is 16.1 Å². The number of H-pyrrole nitrogens is 1. The number of aromatic hydroxyl groups is 1. The monoisotopic (exact) mass is 434 g/mol. The summed E-state index contributed by atoms with van der Waals surface area (Å²) in [5.41, 5.74) is 4.27. The number of nitrogens with zero attached hydrogens (tertiary/aromatic N) is 2. The number of nitrogens with one attached hydrogen (secondary N) is 2. The molecule has 1 amide bonds. The third-order valence-electron chi connectivity index (χ3n) is 3.91. The van der Waals surface area contributed by atoms with Crippen molar-refractivity contribution < 1.29 is 19.4 Å². The van der Waals surface area contributed by atoms with Crippen molar-refractivity contribution in [3.05, 3.63) is 57.7 Å². The van der Waals surface area contributed by atoms with Crippen LogP contribution in [0.15, 0.2) is 41.5 Å². The number of aromatic amines is 1. The summed E-state index contributed by atoms with van der Waals surface area (Å²) in [5.74, 6) is -0.185. The molecule has 0 aliphatic heterocycles. The number of aromatic nitrogens is 2. The number of phenols is 1. The number of hydrogen-bond donors (Lipinski definition) is 3. The summed E-state index contributed by atoms with van der Waals surface area (Å²) in [5, 5.41) is 21.5. The van der Waals surface area contributed by atoms with Gasteiger partial charge in [0.05, 0.1) is 31.2 Å². The Morgan fingerprint density at radius 3 is 2.48 bits per heavy atom. The molecule has 3 rings (SSSR count). The van der Waals surface area contributed by atoms with Gasteiger partial charge in [-0.1, -0.05) is 23.2 Å². The lowest BCUT2D eigenvalue weighted by Gasteiger charge is -2.09. The van der Waals surface area contributed by atoms with Crippen molar-refractivity contribution in [1.29, 1.82) is 0 Å². The highest BCUT2D eigenvalue weighted by Crippen LogP contribution is 2.36. The predicted octanol–water partition coefficient (Wildman–Crippen LogP) is 3.87. The molecule has 0 fully saturated rings. The first-order valence-corrected chi connectivity index (χ1v) is 8.97. The molecular weight excluding hydrogens is 419 g/mol. The molecule has 0 radical (unpaired) electrons. The number of halogens is 2. The van der Waals surface area contributed by atoms with Crippen molar-refractivity contribution in [2.75, 3.05) is 14.2 Å². The normalized spacial score (nSPS) is 10.9. The highest BCUT2D eigenvalue weighted by Gasteiger charge is 2.13. The van der Waals surface area contributed by atoms with Gasteiger partial charge in [0.1, 0.15) is 5.69 Å². The molecule has 0 saturated carbocycles. The van der Waals surface area contributed by atoms with E-state index in [-0.39, 0.29) is 22.9 Å². The zero-order valence-electron chi connectivity index (χ0n) is 15.4. The van der Waals surface area contributed by atoms with E-state index in [9.17, 15) is 9.90 Å². The zero-order valence-corrected chi connectivity index (χ0v) is 16.9. The van der Waals surface area contributed by atoms with Crippen LogP contribution in [0.4, 0.5) is 0 Å². The second kappa shape index (κ2) is 8.85. The summed E-state index contributed by atoms with van der Waals surface area (Å²) in [6.07, 6.45) is 1.38. The Balaban J connectivity index is 1.72. The standard InChI is InChI=1S/C19H16Cl2N4O4/c1-28-16-5-10(6-17(29-2)18(16)26)9-22-25-19(27)15-8-14(23-24-15)12-4-3-11(20)7-13(12)21/h3-9,26H,1-2H3,(H,23,24)(H,25,27)/b22-9+. The van der Waals surface area contributed by atoms with Crippen molar-refractivity contribution >= 4 is 35.3 Å². The van der Waals surface area contributed by atoms with Crippen LogP contribution in [0.3, 0.4) is 0 Å². The first-order valence-electron chi connectivity index (χ1n) is 8.22. The fourth-order valence-corrected chi connectivity index (χ4v) is 2.99. The van der Waals surface area contributed by atoms with E-state index in [2.05, 4.69) is 20.7 Å². The molecule has 1 aromatic heterocycles. The average Bonchev–Trinajstić information content (AvgIpc) is 3.18. The number of hydrazone groups is 1. The number of ether oxygens (including phenoxy) is 2. The molecule has 3 aromatic rings. The molecule has 2 aromatic carbocycles. The van der Waals surface area contributed by atoms with Crippen LogP contribution in [0.2, 0.25) is 10.0 Å². The topological polar surface area (TPSA) is 109 Å². The van der Waals surface area contributed by atoms with E-state index in [0.29, 0.717) is 26.9 Å². The van der Waals surface area contributed by atoms with E-state index < -0.39 is 5.91 Å². The number of benzene rings is 2. The van der Waals surface area contributed by atoms with Gasteiger partial charge in [-0.05, 0) is 36.4 Å². The molecule has 0 aliphatic rings. The van der Waals surface area contributed by atoms with Crippen LogP contribution >= 0.6 is 23.2 Å². The van der Waals surface area contributed by atoms with Crippen molar-refractivity contribution in [2.24, 2.45) is 5.10 Å². The summed E-state index contributed by atoms with van der Waals surface area (Å²) in [7, 11) is 2.83. The molecule has 0 atom stereocenters. The zero-order chi connectivity index (χ0) is 21.0. The largest absolute Gasteiger partial charge is 0.502 e.